The Bertz CT molecular complexity index is 3260. The van der Waals surface area contributed by atoms with Gasteiger partial charge in [-0.05, 0) is 114 Å². The van der Waals surface area contributed by atoms with Crippen LogP contribution in [-0.2, 0) is 0 Å². The van der Waals surface area contributed by atoms with Gasteiger partial charge in [0, 0.05) is 22.1 Å². The molecule has 2 nitrogen and oxygen atoms in total. The van der Waals surface area contributed by atoms with Gasteiger partial charge in [-0.3, -0.25) is 0 Å². The number of benzene rings is 10. The van der Waals surface area contributed by atoms with Crippen molar-refractivity contribution in [1.29, 1.82) is 0 Å². The number of hydrogen-bond acceptors (Lipinski definition) is 2. The Morgan fingerprint density at radius 2 is 0.893 bits per heavy atom. The molecule has 11 aromatic rings. The standard InChI is InChI=1S/C54H35NO/c1-3-18-46-37(11-1)13-9-21-48(46)42-16-7-14-39(33-42)40-15-8-17-45(35-40)55(52-23-10-22-51-50-20-5-6-24-53(50)56-54(51)52)44-30-27-36(28-31-44)41-29-32-49-43(34-41)26-25-38-12-2-4-19-47(38)49/h1-35H. The minimum atomic E-state index is 0.864. The van der Waals surface area contributed by atoms with Crippen LogP contribution in [0.25, 0.3) is 87.6 Å². The second-order valence-corrected chi connectivity index (χ2v) is 14.5. The summed E-state index contributed by atoms with van der Waals surface area (Å²) in [5.74, 6) is 0. The molecule has 56 heavy (non-hydrogen) atoms. The lowest BCUT2D eigenvalue weighted by atomic mass is 9.95. The fraction of sp³-hybridized carbons (Fsp3) is 0. The van der Waals surface area contributed by atoms with Crippen molar-refractivity contribution < 1.29 is 4.42 Å². The van der Waals surface area contributed by atoms with E-state index in [0.717, 1.165) is 44.6 Å². The first-order valence-electron chi connectivity index (χ1n) is 19.2. The third-order valence-electron chi connectivity index (χ3n) is 11.2. The van der Waals surface area contributed by atoms with E-state index in [1.54, 1.807) is 0 Å². The molecule has 0 aliphatic heterocycles. The molecule has 11 rings (SSSR count). The van der Waals surface area contributed by atoms with Crippen LogP contribution >= 0.6 is 0 Å². The van der Waals surface area contributed by atoms with Crippen LogP contribution in [-0.4, -0.2) is 0 Å². The van der Waals surface area contributed by atoms with Gasteiger partial charge in [-0.2, -0.15) is 0 Å². The maximum absolute atomic E-state index is 6.65. The molecule has 0 aliphatic carbocycles. The molecule has 262 valence electrons. The summed E-state index contributed by atoms with van der Waals surface area (Å²) in [6.45, 7) is 0. The van der Waals surface area contributed by atoms with Crippen LogP contribution in [0.1, 0.15) is 0 Å². The highest BCUT2D eigenvalue weighted by molar-refractivity contribution is 6.11. The molecule has 1 aromatic heterocycles. The second-order valence-electron chi connectivity index (χ2n) is 14.5. The smallest absolute Gasteiger partial charge is 0.159 e. The van der Waals surface area contributed by atoms with E-state index in [-0.39, 0.29) is 0 Å². The second kappa shape index (κ2) is 13.2. The number of hydrogen-bond donors (Lipinski definition) is 0. The average Bonchev–Trinajstić information content (AvgIpc) is 3.66. The van der Waals surface area contributed by atoms with E-state index in [4.69, 9.17) is 4.42 Å². The molecule has 0 spiro atoms. The molecule has 0 atom stereocenters. The minimum absolute atomic E-state index is 0.864. The van der Waals surface area contributed by atoms with E-state index in [0.29, 0.717) is 0 Å². The number of anilines is 3. The zero-order chi connectivity index (χ0) is 37.0. The fourth-order valence-electron chi connectivity index (χ4n) is 8.50. The zero-order valence-corrected chi connectivity index (χ0v) is 30.6. The van der Waals surface area contributed by atoms with Crippen LogP contribution in [0.4, 0.5) is 17.1 Å². The first-order valence-corrected chi connectivity index (χ1v) is 19.2. The monoisotopic (exact) mass is 713 g/mol. The lowest BCUT2D eigenvalue weighted by Crippen LogP contribution is -2.10. The molecule has 0 aliphatic rings. The summed E-state index contributed by atoms with van der Waals surface area (Å²) in [6, 6.07) is 76.5. The van der Waals surface area contributed by atoms with Crippen LogP contribution in [0.2, 0.25) is 0 Å². The van der Waals surface area contributed by atoms with Crippen molar-refractivity contribution in [3.63, 3.8) is 0 Å². The van der Waals surface area contributed by atoms with Gasteiger partial charge in [-0.1, -0.05) is 164 Å². The van der Waals surface area contributed by atoms with E-state index in [1.807, 2.05) is 12.1 Å². The number of nitrogens with zero attached hydrogens (tertiary/aromatic N) is 1. The summed E-state index contributed by atoms with van der Waals surface area (Å²) in [6.07, 6.45) is 0. The van der Waals surface area contributed by atoms with E-state index in [9.17, 15) is 0 Å². The normalized spacial score (nSPS) is 11.6. The summed E-state index contributed by atoms with van der Waals surface area (Å²) in [7, 11) is 0. The molecular weight excluding hydrogens is 679 g/mol. The molecule has 0 saturated carbocycles. The SMILES string of the molecule is c1cc(-c2cccc(N(c3ccc(-c4ccc5c(ccc6ccccc65)c4)cc3)c3cccc4c3oc3ccccc34)c2)cc(-c2cccc3ccccc23)c1. The summed E-state index contributed by atoms with van der Waals surface area (Å²) in [4.78, 5) is 2.33. The van der Waals surface area contributed by atoms with Gasteiger partial charge in [0.05, 0.1) is 5.69 Å². The minimum Gasteiger partial charge on any atom is -0.454 e. The zero-order valence-electron chi connectivity index (χ0n) is 30.6. The highest BCUT2D eigenvalue weighted by Gasteiger charge is 2.20. The lowest BCUT2D eigenvalue weighted by molar-refractivity contribution is 0.669. The number of furan rings is 1. The Morgan fingerprint density at radius 3 is 1.77 bits per heavy atom. The first-order chi connectivity index (χ1) is 27.7. The van der Waals surface area contributed by atoms with Gasteiger partial charge >= 0.3 is 0 Å². The molecule has 0 amide bonds. The highest BCUT2D eigenvalue weighted by atomic mass is 16.3. The van der Waals surface area contributed by atoms with Gasteiger partial charge < -0.3 is 9.32 Å². The topological polar surface area (TPSA) is 16.4 Å². The Hall–Kier alpha value is -7.42. The van der Waals surface area contributed by atoms with E-state index in [1.165, 1.54) is 60.1 Å². The van der Waals surface area contributed by atoms with Crippen molar-refractivity contribution in [2.45, 2.75) is 0 Å². The molecule has 10 aromatic carbocycles. The van der Waals surface area contributed by atoms with Crippen LogP contribution in [0, 0.1) is 0 Å². The Kier molecular flexibility index (Phi) is 7.53. The number of rotatable bonds is 6. The third-order valence-corrected chi connectivity index (χ3v) is 11.2. The molecule has 1 heterocycles. The Labute approximate surface area is 325 Å². The quantitative estimate of drug-likeness (QED) is 0.160. The van der Waals surface area contributed by atoms with Crippen LogP contribution < -0.4 is 4.90 Å². The van der Waals surface area contributed by atoms with E-state index in [2.05, 4.69) is 205 Å². The maximum atomic E-state index is 6.65. The number of fused-ring (bicyclic) bond motifs is 7. The van der Waals surface area contributed by atoms with Crippen molar-refractivity contribution in [2.24, 2.45) is 0 Å². The molecule has 0 N–H and O–H groups in total. The average molecular weight is 714 g/mol. The van der Waals surface area contributed by atoms with Crippen LogP contribution in [0.15, 0.2) is 217 Å². The molecule has 0 bridgehead atoms. The van der Waals surface area contributed by atoms with Gasteiger partial charge in [0.25, 0.3) is 0 Å². The molecular formula is C54H35NO. The molecule has 2 heteroatoms. The van der Waals surface area contributed by atoms with Gasteiger partial charge in [0.1, 0.15) is 5.58 Å². The fourth-order valence-corrected chi connectivity index (χ4v) is 8.50. The van der Waals surface area contributed by atoms with Crippen LogP contribution in [0.5, 0.6) is 0 Å². The van der Waals surface area contributed by atoms with Crippen molar-refractivity contribution in [1.82, 2.24) is 0 Å². The molecule has 0 radical (unpaired) electrons. The van der Waals surface area contributed by atoms with Crippen molar-refractivity contribution in [3.05, 3.63) is 212 Å². The van der Waals surface area contributed by atoms with E-state index < -0.39 is 0 Å². The first kappa shape index (κ1) is 32.0. The Morgan fingerprint density at radius 1 is 0.304 bits per heavy atom. The summed E-state index contributed by atoms with van der Waals surface area (Å²) < 4.78 is 6.65. The lowest BCUT2D eigenvalue weighted by Gasteiger charge is -2.26. The summed E-state index contributed by atoms with van der Waals surface area (Å²) in [5.41, 5.74) is 12.0. The van der Waals surface area contributed by atoms with Gasteiger partial charge in [-0.15, -0.1) is 0 Å². The molecule has 0 unspecified atom stereocenters. The maximum Gasteiger partial charge on any atom is 0.159 e. The van der Waals surface area contributed by atoms with Gasteiger partial charge in [0.2, 0.25) is 0 Å². The third kappa shape index (κ3) is 5.42. The van der Waals surface area contributed by atoms with Crippen molar-refractivity contribution in [2.75, 3.05) is 4.90 Å². The predicted octanol–water partition coefficient (Wildman–Crippen LogP) is 15.5. The van der Waals surface area contributed by atoms with Gasteiger partial charge in [0.15, 0.2) is 5.58 Å². The number of para-hydroxylation sites is 2. The van der Waals surface area contributed by atoms with Crippen molar-refractivity contribution in [3.8, 4) is 33.4 Å². The summed E-state index contributed by atoms with van der Waals surface area (Å²) in [5, 5.41) is 9.77. The molecule has 0 saturated heterocycles. The van der Waals surface area contributed by atoms with Crippen LogP contribution in [0.3, 0.4) is 0 Å². The van der Waals surface area contributed by atoms with Crippen molar-refractivity contribution >= 4 is 71.3 Å². The largest absolute Gasteiger partial charge is 0.454 e. The predicted molar refractivity (Wildman–Crippen MR) is 237 cm³/mol. The summed E-state index contributed by atoms with van der Waals surface area (Å²) >= 11 is 0. The van der Waals surface area contributed by atoms with Gasteiger partial charge in [-0.25, -0.2) is 0 Å². The molecule has 0 fully saturated rings. The van der Waals surface area contributed by atoms with E-state index >= 15 is 0 Å². The Balaban J connectivity index is 1.03. The highest BCUT2D eigenvalue weighted by Crippen LogP contribution is 2.44.